The second kappa shape index (κ2) is 13.6. The first kappa shape index (κ1) is 23.1. The summed E-state index contributed by atoms with van der Waals surface area (Å²) in [6.45, 7) is 7.92. The molecule has 0 amide bonds. The van der Waals surface area contributed by atoms with E-state index in [1.165, 1.54) is 90.1 Å². The van der Waals surface area contributed by atoms with Crippen molar-refractivity contribution < 1.29 is 0 Å². The molecular weight excluding hydrogens is 370 g/mol. The van der Waals surface area contributed by atoms with Gasteiger partial charge < -0.3 is 10.2 Å². The molecule has 2 aliphatic heterocycles. The number of hydrogen-bond donors (Lipinski definition) is 1. The van der Waals surface area contributed by atoms with E-state index in [1.807, 2.05) is 6.20 Å². The largest absolute Gasteiger partial charge is 0.356 e. The number of aromatic nitrogens is 2. The SMILES string of the molecule is CCCCCC=CCCCN1CCCC1CNc1nccc(N2CCCCCC2)n1. The van der Waals surface area contributed by atoms with E-state index in [0.717, 1.165) is 31.4 Å². The summed E-state index contributed by atoms with van der Waals surface area (Å²) in [6, 6.07) is 2.68. The van der Waals surface area contributed by atoms with Crippen LogP contribution in [-0.4, -0.2) is 53.6 Å². The minimum atomic E-state index is 0.615. The summed E-state index contributed by atoms with van der Waals surface area (Å²) in [5.74, 6) is 1.88. The molecule has 0 bridgehead atoms. The van der Waals surface area contributed by atoms with Crippen molar-refractivity contribution in [2.45, 2.75) is 90.0 Å². The Balaban J connectivity index is 1.38. The number of likely N-dealkylation sites (tertiary alicyclic amines) is 1. The van der Waals surface area contributed by atoms with Crippen LogP contribution in [0.5, 0.6) is 0 Å². The monoisotopic (exact) mass is 413 g/mol. The number of anilines is 2. The molecule has 168 valence electrons. The number of nitrogens with one attached hydrogen (secondary N) is 1. The second-order valence-corrected chi connectivity index (χ2v) is 8.96. The molecule has 5 heteroatoms. The van der Waals surface area contributed by atoms with Crippen LogP contribution in [0.3, 0.4) is 0 Å². The zero-order chi connectivity index (χ0) is 20.9. The standard InChI is InChI=1S/C25H43N5/c1-2-3-4-5-6-7-8-11-18-29-21-14-15-23(29)22-27-25-26-17-16-24(28-25)30-19-12-9-10-13-20-30/h6-7,16-17,23H,2-5,8-15,18-22H2,1H3,(H,26,27,28). The molecule has 30 heavy (non-hydrogen) atoms. The summed E-state index contributed by atoms with van der Waals surface area (Å²) in [7, 11) is 0. The number of hydrogen-bond acceptors (Lipinski definition) is 5. The first-order chi connectivity index (χ1) is 14.9. The van der Waals surface area contributed by atoms with Crippen LogP contribution < -0.4 is 10.2 Å². The van der Waals surface area contributed by atoms with Crippen molar-refractivity contribution in [2.75, 3.05) is 42.9 Å². The van der Waals surface area contributed by atoms with Crippen LogP contribution in [0.4, 0.5) is 11.8 Å². The van der Waals surface area contributed by atoms with E-state index in [-0.39, 0.29) is 0 Å². The van der Waals surface area contributed by atoms with Gasteiger partial charge in [-0.05, 0) is 70.5 Å². The van der Waals surface area contributed by atoms with Crippen LogP contribution in [0.2, 0.25) is 0 Å². The summed E-state index contributed by atoms with van der Waals surface area (Å²) >= 11 is 0. The molecular formula is C25H43N5. The van der Waals surface area contributed by atoms with Crippen LogP contribution in [0.1, 0.15) is 84.0 Å². The average Bonchev–Trinajstić information content (AvgIpc) is 3.04. The molecule has 0 aromatic carbocycles. The highest BCUT2D eigenvalue weighted by atomic mass is 15.2. The predicted octanol–water partition coefficient (Wildman–Crippen LogP) is 5.65. The third kappa shape index (κ3) is 7.90. The molecule has 2 saturated heterocycles. The van der Waals surface area contributed by atoms with Gasteiger partial charge in [0.1, 0.15) is 5.82 Å². The predicted molar refractivity (Wildman–Crippen MR) is 128 cm³/mol. The number of unbranched alkanes of at least 4 members (excludes halogenated alkanes) is 4. The smallest absolute Gasteiger partial charge is 0.224 e. The maximum absolute atomic E-state index is 4.82. The van der Waals surface area contributed by atoms with Gasteiger partial charge in [-0.2, -0.15) is 4.98 Å². The minimum Gasteiger partial charge on any atom is -0.356 e. The normalized spacial score (nSPS) is 20.7. The van der Waals surface area contributed by atoms with E-state index in [4.69, 9.17) is 4.98 Å². The molecule has 1 aromatic rings. The van der Waals surface area contributed by atoms with Crippen LogP contribution in [0.25, 0.3) is 0 Å². The summed E-state index contributed by atoms with van der Waals surface area (Å²) in [6.07, 6.45) is 22.3. The fraction of sp³-hybridized carbons (Fsp3) is 0.760. The molecule has 1 N–H and O–H groups in total. The van der Waals surface area contributed by atoms with Gasteiger partial charge in [0.2, 0.25) is 5.95 Å². The van der Waals surface area contributed by atoms with Crippen LogP contribution in [-0.2, 0) is 0 Å². The van der Waals surface area contributed by atoms with Crippen molar-refractivity contribution in [3.63, 3.8) is 0 Å². The summed E-state index contributed by atoms with van der Waals surface area (Å²) in [5.41, 5.74) is 0. The minimum absolute atomic E-state index is 0.615. The Hall–Kier alpha value is -1.62. The van der Waals surface area contributed by atoms with Gasteiger partial charge in [-0.1, -0.05) is 44.8 Å². The van der Waals surface area contributed by atoms with E-state index in [1.54, 1.807) is 0 Å². The molecule has 0 radical (unpaired) electrons. The Labute approximate surface area is 184 Å². The van der Waals surface area contributed by atoms with Crippen LogP contribution in [0, 0.1) is 0 Å². The number of rotatable bonds is 12. The van der Waals surface area contributed by atoms with Gasteiger partial charge in [0.25, 0.3) is 0 Å². The van der Waals surface area contributed by atoms with Gasteiger partial charge in [-0.15, -0.1) is 0 Å². The molecule has 0 aliphatic carbocycles. The zero-order valence-electron chi connectivity index (χ0n) is 19.2. The van der Waals surface area contributed by atoms with E-state index in [2.05, 4.69) is 45.2 Å². The second-order valence-electron chi connectivity index (χ2n) is 8.96. The molecule has 5 nitrogen and oxygen atoms in total. The molecule has 2 fully saturated rings. The fourth-order valence-electron chi connectivity index (χ4n) is 4.70. The molecule has 2 aliphatic rings. The Morgan fingerprint density at radius 1 is 1.00 bits per heavy atom. The molecule has 3 heterocycles. The van der Waals surface area contributed by atoms with Gasteiger partial charge in [-0.3, -0.25) is 4.90 Å². The van der Waals surface area contributed by atoms with E-state index < -0.39 is 0 Å². The van der Waals surface area contributed by atoms with E-state index >= 15 is 0 Å². The lowest BCUT2D eigenvalue weighted by Crippen LogP contribution is -2.36. The Bertz CT molecular complexity index is 609. The first-order valence-electron chi connectivity index (χ1n) is 12.6. The fourth-order valence-corrected chi connectivity index (χ4v) is 4.70. The molecule has 1 aromatic heterocycles. The molecule has 1 unspecified atom stereocenters. The zero-order valence-corrected chi connectivity index (χ0v) is 19.2. The topological polar surface area (TPSA) is 44.3 Å². The van der Waals surface area contributed by atoms with Gasteiger partial charge in [-0.25, -0.2) is 4.98 Å². The van der Waals surface area contributed by atoms with Gasteiger partial charge in [0.15, 0.2) is 0 Å². The van der Waals surface area contributed by atoms with Crippen LogP contribution >= 0.6 is 0 Å². The maximum atomic E-state index is 4.82. The molecule has 0 saturated carbocycles. The summed E-state index contributed by atoms with van der Waals surface area (Å²) in [4.78, 5) is 14.4. The Morgan fingerprint density at radius 2 is 1.80 bits per heavy atom. The molecule has 3 rings (SSSR count). The van der Waals surface area contributed by atoms with Gasteiger partial charge in [0, 0.05) is 31.9 Å². The third-order valence-corrected chi connectivity index (χ3v) is 6.52. The quantitative estimate of drug-likeness (QED) is 0.354. The highest BCUT2D eigenvalue weighted by molar-refractivity contribution is 5.42. The van der Waals surface area contributed by atoms with E-state index in [9.17, 15) is 0 Å². The highest BCUT2D eigenvalue weighted by Gasteiger charge is 2.23. The van der Waals surface area contributed by atoms with Crippen molar-refractivity contribution in [1.82, 2.24) is 14.9 Å². The van der Waals surface area contributed by atoms with Crippen molar-refractivity contribution in [3.05, 3.63) is 24.4 Å². The Kier molecular flexibility index (Phi) is 10.5. The van der Waals surface area contributed by atoms with Crippen molar-refractivity contribution in [3.8, 4) is 0 Å². The third-order valence-electron chi connectivity index (χ3n) is 6.52. The lowest BCUT2D eigenvalue weighted by atomic mass is 10.2. The van der Waals surface area contributed by atoms with Crippen molar-refractivity contribution >= 4 is 11.8 Å². The van der Waals surface area contributed by atoms with E-state index in [0.29, 0.717) is 6.04 Å². The van der Waals surface area contributed by atoms with Gasteiger partial charge >= 0.3 is 0 Å². The average molecular weight is 414 g/mol. The van der Waals surface area contributed by atoms with Gasteiger partial charge in [0.05, 0.1) is 0 Å². The van der Waals surface area contributed by atoms with Crippen molar-refractivity contribution in [2.24, 2.45) is 0 Å². The van der Waals surface area contributed by atoms with Crippen molar-refractivity contribution in [1.29, 1.82) is 0 Å². The van der Waals surface area contributed by atoms with Crippen LogP contribution in [0.15, 0.2) is 24.4 Å². The molecule has 0 spiro atoms. The lowest BCUT2D eigenvalue weighted by molar-refractivity contribution is 0.260. The molecule has 1 atom stereocenters. The summed E-state index contributed by atoms with van der Waals surface area (Å²) in [5, 5.41) is 3.54. The number of allylic oxidation sites excluding steroid dienone is 2. The lowest BCUT2D eigenvalue weighted by Gasteiger charge is -2.25. The Morgan fingerprint density at radius 3 is 2.60 bits per heavy atom. The maximum Gasteiger partial charge on any atom is 0.224 e. The number of nitrogens with zero attached hydrogens (tertiary/aromatic N) is 4. The first-order valence-corrected chi connectivity index (χ1v) is 12.6. The highest BCUT2D eigenvalue weighted by Crippen LogP contribution is 2.20. The summed E-state index contributed by atoms with van der Waals surface area (Å²) < 4.78 is 0.